The van der Waals surface area contributed by atoms with Crippen LogP contribution in [0.1, 0.15) is 28.1 Å². The van der Waals surface area contributed by atoms with Gasteiger partial charge in [-0.05, 0) is 25.3 Å². The first-order valence-corrected chi connectivity index (χ1v) is 7.58. The van der Waals surface area contributed by atoms with E-state index in [9.17, 15) is 4.79 Å². The quantitative estimate of drug-likeness (QED) is 0.809. The summed E-state index contributed by atoms with van der Waals surface area (Å²) in [6, 6.07) is 10.2. The Bertz CT molecular complexity index is 582. The molecule has 2 nitrogen and oxygen atoms in total. The summed E-state index contributed by atoms with van der Waals surface area (Å²) in [5.41, 5.74) is 3.13. The Morgan fingerprint density at radius 1 is 1.16 bits per heavy atom. The first-order valence-electron chi connectivity index (χ1n) is 6.70. The topological polar surface area (TPSA) is 20.3 Å². The maximum Gasteiger partial charge on any atom is 0.255 e. The molecule has 19 heavy (non-hydrogen) atoms. The van der Waals surface area contributed by atoms with Gasteiger partial charge in [0, 0.05) is 28.9 Å². The van der Waals surface area contributed by atoms with Crippen LogP contribution in [-0.2, 0) is 0 Å². The van der Waals surface area contributed by atoms with Gasteiger partial charge in [-0.2, -0.15) is 0 Å². The van der Waals surface area contributed by atoms with Gasteiger partial charge in [0.2, 0.25) is 0 Å². The van der Waals surface area contributed by atoms with Crippen LogP contribution >= 0.6 is 11.3 Å². The van der Waals surface area contributed by atoms with Gasteiger partial charge in [0.1, 0.15) is 0 Å². The van der Waals surface area contributed by atoms with Gasteiger partial charge < -0.3 is 4.90 Å². The van der Waals surface area contributed by atoms with Crippen LogP contribution in [0.4, 0.5) is 0 Å². The number of amides is 1. The number of hydrogen-bond donors (Lipinski definition) is 0. The summed E-state index contributed by atoms with van der Waals surface area (Å²) in [6.07, 6.45) is 2.27. The maximum atomic E-state index is 12.6. The van der Waals surface area contributed by atoms with E-state index in [0.29, 0.717) is 0 Å². The second-order valence-corrected chi connectivity index (χ2v) is 6.03. The van der Waals surface area contributed by atoms with E-state index in [0.717, 1.165) is 42.6 Å². The summed E-state index contributed by atoms with van der Waals surface area (Å²) >= 11 is 1.67. The van der Waals surface area contributed by atoms with E-state index < -0.39 is 0 Å². The van der Waals surface area contributed by atoms with Crippen LogP contribution in [0.2, 0.25) is 0 Å². The van der Waals surface area contributed by atoms with E-state index >= 15 is 0 Å². The molecule has 3 rings (SSSR count). The summed E-state index contributed by atoms with van der Waals surface area (Å²) in [5.74, 6) is 0.195. The molecule has 2 aromatic rings. The predicted molar refractivity (Wildman–Crippen MR) is 79.6 cm³/mol. The number of nitrogens with zero attached hydrogens (tertiary/aromatic N) is 1. The number of carbonyl (C=O) groups is 1. The number of benzene rings is 1. The third-order valence-corrected chi connectivity index (χ3v) is 4.57. The van der Waals surface area contributed by atoms with Crippen LogP contribution in [0.3, 0.4) is 0 Å². The summed E-state index contributed by atoms with van der Waals surface area (Å²) in [6.45, 7) is 3.90. The zero-order valence-electron chi connectivity index (χ0n) is 11.1. The second kappa shape index (κ2) is 5.17. The Balaban J connectivity index is 2.01. The smallest absolute Gasteiger partial charge is 0.255 e. The molecule has 1 fully saturated rings. The Kier molecular flexibility index (Phi) is 3.38. The first-order chi connectivity index (χ1) is 9.27. The van der Waals surface area contributed by atoms with Gasteiger partial charge in [0.15, 0.2) is 0 Å². The number of carbonyl (C=O) groups excluding carboxylic acids is 1. The first kappa shape index (κ1) is 12.4. The summed E-state index contributed by atoms with van der Waals surface area (Å²) in [7, 11) is 0. The zero-order chi connectivity index (χ0) is 13.2. The molecule has 1 saturated heterocycles. The van der Waals surface area contributed by atoms with Crippen LogP contribution in [0.25, 0.3) is 11.1 Å². The van der Waals surface area contributed by atoms with Crippen molar-refractivity contribution in [1.29, 1.82) is 0 Å². The highest BCUT2D eigenvalue weighted by Crippen LogP contribution is 2.33. The summed E-state index contributed by atoms with van der Waals surface area (Å²) in [5, 5.41) is 2.01. The van der Waals surface area contributed by atoms with Crippen molar-refractivity contribution in [3.05, 3.63) is 46.2 Å². The highest BCUT2D eigenvalue weighted by molar-refractivity contribution is 7.10. The van der Waals surface area contributed by atoms with Gasteiger partial charge in [-0.15, -0.1) is 11.3 Å². The highest BCUT2D eigenvalue weighted by atomic mass is 32.1. The number of rotatable bonds is 2. The second-order valence-electron chi connectivity index (χ2n) is 4.95. The molecule has 0 unspecified atom stereocenters. The maximum absolute atomic E-state index is 12.6. The third kappa shape index (κ3) is 2.30. The van der Waals surface area contributed by atoms with Crippen molar-refractivity contribution >= 4 is 17.2 Å². The molecular weight excluding hydrogens is 254 g/mol. The molecule has 0 radical (unpaired) electrons. The fourth-order valence-electron chi connectivity index (χ4n) is 2.67. The largest absolute Gasteiger partial charge is 0.339 e. The molecule has 0 saturated carbocycles. The van der Waals surface area contributed by atoms with Gasteiger partial charge in [0.05, 0.1) is 5.56 Å². The van der Waals surface area contributed by atoms with Crippen LogP contribution < -0.4 is 0 Å². The highest BCUT2D eigenvalue weighted by Gasteiger charge is 2.24. The van der Waals surface area contributed by atoms with Gasteiger partial charge in [-0.25, -0.2) is 0 Å². The molecule has 1 aliphatic rings. The van der Waals surface area contributed by atoms with Crippen molar-refractivity contribution in [2.45, 2.75) is 19.8 Å². The molecule has 0 atom stereocenters. The number of hydrogen-bond acceptors (Lipinski definition) is 2. The summed E-state index contributed by atoms with van der Waals surface area (Å²) < 4.78 is 0. The van der Waals surface area contributed by atoms with Crippen molar-refractivity contribution in [2.24, 2.45) is 0 Å². The van der Waals surface area contributed by atoms with Gasteiger partial charge >= 0.3 is 0 Å². The molecule has 1 aliphatic heterocycles. The summed E-state index contributed by atoms with van der Waals surface area (Å²) in [4.78, 5) is 15.8. The standard InChI is InChI=1S/C16H17NOS/c1-12-15(13-7-3-2-4-8-13)14(11-19-12)16(18)17-9-5-6-10-17/h2-4,7-8,11H,5-6,9-10H2,1H3. The molecule has 1 aromatic heterocycles. The lowest BCUT2D eigenvalue weighted by atomic mass is 10.0. The lowest BCUT2D eigenvalue weighted by Gasteiger charge is -2.16. The van der Waals surface area contributed by atoms with Crippen molar-refractivity contribution in [3.8, 4) is 11.1 Å². The zero-order valence-corrected chi connectivity index (χ0v) is 11.9. The number of aryl methyl sites for hydroxylation is 1. The Hall–Kier alpha value is -1.61. The molecule has 0 aliphatic carbocycles. The van der Waals surface area contributed by atoms with Gasteiger partial charge in [-0.1, -0.05) is 30.3 Å². The fourth-order valence-corrected chi connectivity index (χ4v) is 3.53. The van der Waals surface area contributed by atoms with Crippen LogP contribution in [0.5, 0.6) is 0 Å². The normalized spacial score (nSPS) is 14.9. The molecule has 2 heterocycles. The molecule has 0 bridgehead atoms. The van der Waals surface area contributed by atoms with Crippen LogP contribution in [0.15, 0.2) is 35.7 Å². The monoisotopic (exact) mass is 271 g/mol. The minimum absolute atomic E-state index is 0.195. The molecule has 3 heteroatoms. The molecule has 1 aromatic carbocycles. The Labute approximate surface area is 117 Å². The van der Waals surface area contributed by atoms with Crippen LogP contribution in [0, 0.1) is 6.92 Å². The number of thiophene rings is 1. The fraction of sp³-hybridized carbons (Fsp3) is 0.312. The van der Waals surface area contributed by atoms with E-state index in [1.807, 2.05) is 28.5 Å². The minimum Gasteiger partial charge on any atom is -0.339 e. The van der Waals surface area contributed by atoms with Crippen molar-refractivity contribution in [1.82, 2.24) is 4.90 Å². The predicted octanol–water partition coefficient (Wildman–Crippen LogP) is 3.96. The average molecular weight is 271 g/mol. The lowest BCUT2D eigenvalue weighted by Crippen LogP contribution is -2.27. The van der Waals surface area contributed by atoms with E-state index in [1.54, 1.807) is 11.3 Å². The van der Waals surface area contributed by atoms with E-state index in [2.05, 4.69) is 19.1 Å². The Morgan fingerprint density at radius 2 is 1.84 bits per heavy atom. The molecule has 1 amide bonds. The molecular formula is C16H17NOS. The van der Waals surface area contributed by atoms with Crippen molar-refractivity contribution in [2.75, 3.05) is 13.1 Å². The van der Waals surface area contributed by atoms with Crippen molar-refractivity contribution in [3.63, 3.8) is 0 Å². The lowest BCUT2D eigenvalue weighted by molar-refractivity contribution is 0.0794. The van der Waals surface area contributed by atoms with E-state index in [1.165, 1.54) is 4.88 Å². The molecule has 0 spiro atoms. The van der Waals surface area contributed by atoms with Crippen molar-refractivity contribution < 1.29 is 4.79 Å². The van der Waals surface area contributed by atoms with E-state index in [4.69, 9.17) is 0 Å². The third-order valence-electron chi connectivity index (χ3n) is 3.66. The van der Waals surface area contributed by atoms with Gasteiger partial charge in [0.25, 0.3) is 5.91 Å². The van der Waals surface area contributed by atoms with Crippen LogP contribution in [-0.4, -0.2) is 23.9 Å². The molecule has 0 N–H and O–H groups in total. The average Bonchev–Trinajstić information content (AvgIpc) is 3.08. The molecule has 98 valence electrons. The van der Waals surface area contributed by atoms with E-state index in [-0.39, 0.29) is 5.91 Å². The van der Waals surface area contributed by atoms with Gasteiger partial charge in [-0.3, -0.25) is 4.79 Å². The Morgan fingerprint density at radius 3 is 2.53 bits per heavy atom. The number of likely N-dealkylation sites (tertiary alicyclic amines) is 1. The minimum atomic E-state index is 0.195. The SMILES string of the molecule is Cc1scc(C(=O)N2CCCC2)c1-c1ccccc1.